The number of nitrogens with one attached hydrogen (secondary N) is 1. The van der Waals surface area contributed by atoms with E-state index in [2.05, 4.69) is 31.1 Å². The first-order valence-electron chi connectivity index (χ1n) is 10.2. The summed E-state index contributed by atoms with van der Waals surface area (Å²) in [5, 5.41) is 8.03. The SMILES string of the molecule is CC(N)Oc1ncccc1-c1cc(N2CCOCC2)nc2c(-c3ccn[nH]3)nccc12. The summed E-state index contributed by atoms with van der Waals surface area (Å²) < 4.78 is 11.3. The van der Waals surface area contributed by atoms with E-state index in [9.17, 15) is 0 Å². The second kappa shape index (κ2) is 8.29. The van der Waals surface area contributed by atoms with Crippen LogP contribution in [0.25, 0.3) is 33.4 Å². The monoisotopic (exact) mass is 417 g/mol. The smallest absolute Gasteiger partial charge is 0.222 e. The third kappa shape index (κ3) is 3.80. The maximum atomic E-state index is 5.90. The Kier molecular flexibility index (Phi) is 5.19. The minimum absolute atomic E-state index is 0.484. The average molecular weight is 417 g/mol. The van der Waals surface area contributed by atoms with Crippen molar-refractivity contribution in [3.8, 4) is 28.4 Å². The molecule has 0 spiro atoms. The molecule has 4 aromatic rings. The molecule has 0 aromatic carbocycles. The van der Waals surface area contributed by atoms with Gasteiger partial charge in [0.05, 0.1) is 18.9 Å². The Hall–Kier alpha value is -3.56. The molecule has 1 atom stereocenters. The second-order valence-electron chi connectivity index (χ2n) is 7.33. The standard InChI is InChI=1S/C22H23N7O2/c1-14(23)31-22-16(3-2-6-25-22)17-13-19(29-9-11-30-12-10-29)27-20-15(17)4-7-24-21(20)18-5-8-26-28-18/h2-8,13-14H,9-12,23H2,1H3,(H,26,28). The third-order valence-corrected chi connectivity index (χ3v) is 5.16. The summed E-state index contributed by atoms with van der Waals surface area (Å²) in [7, 11) is 0. The minimum atomic E-state index is -0.484. The number of pyridine rings is 3. The lowest BCUT2D eigenvalue weighted by atomic mass is 10.0. The van der Waals surface area contributed by atoms with Crippen LogP contribution in [0.15, 0.2) is 48.9 Å². The molecule has 158 valence electrons. The molecule has 0 radical (unpaired) electrons. The number of aromatic nitrogens is 5. The van der Waals surface area contributed by atoms with Crippen LogP contribution < -0.4 is 15.4 Å². The van der Waals surface area contributed by atoms with Crippen molar-refractivity contribution in [2.45, 2.75) is 13.2 Å². The quantitative estimate of drug-likeness (QED) is 0.476. The van der Waals surface area contributed by atoms with Gasteiger partial charge >= 0.3 is 0 Å². The van der Waals surface area contributed by atoms with E-state index in [0.29, 0.717) is 19.1 Å². The van der Waals surface area contributed by atoms with Gasteiger partial charge in [-0.3, -0.25) is 15.8 Å². The number of fused-ring (bicyclic) bond motifs is 1. The number of morpholine rings is 1. The number of nitrogens with zero attached hydrogens (tertiary/aromatic N) is 5. The van der Waals surface area contributed by atoms with Gasteiger partial charge in [0, 0.05) is 48.2 Å². The number of nitrogens with two attached hydrogens (primary N) is 1. The summed E-state index contributed by atoms with van der Waals surface area (Å²) in [5.41, 5.74) is 10.0. The Morgan fingerprint density at radius 3 is 2.74 bits per heavy atom. The van der Waals surface area contributed by atoms with Crippen molar-refractivity contribution >= 4 is 16.7 Å². The van der Waals surface area contributed by atoms with E-state index >= 15 is 0 Å². The van der Waals surface area contributed by atoms with Crippen molar-refractivity contribution in [2.24, 2.45) is 5.73 Å². The molecular formula is C22H23N7O2. The Morgan fingerprint density at radius 1 is 1.10 bits per heavy atom. The maximum absolute atomic E-state index is 5.90. The van der Waals surface area contributed by atoms with E-state index in [0.717, 1.165) is 52.3 Å². The van der Waals surface area contributed by atoms with E-state index in [1.807, 2.05) is 24.3 Å². The number of hydrogen-bond donors (Lipinski definition) is 2. The molecule has 5 heterocycles. The van der Waals surface area contributed by atoms with Crippen molar-refractivity contribution in [2.75, 3.05) is 31.2 Å². The van der Waals surface area contributed by atoms with E-state index < -0.39 is 6.23 Å². The molecule has 0 saturated carbocycles. The summed E-state index contributed by atoms with van der Waals surface area (Å²) in [6.07, 6.45) is 4.70. The number of anilines is 1. The first-order valence-corrected chi connectivity index (χ1v) is 10.2. The molecule has 1 aliphatic heterocycles. The van der Waals surface area contributed by atoms with E-state index in [1.54, 1.807) is 25.5 Å². The Morgan fingerprint density at radius 2 is 1.97 bits per heavy atom. The van der Waals surface area contributed by atoms with Crippen LogP contribution in [0, 0.1) is 0 Å². The third-order valence-electron chi connectivity index (χ3n) is 5.16. The van der Waals surface area contributed by atoms with E-state index in [-0.39, 0.29) is 0 Å². The molecule has 9 nitrogen and oxygen atoms in total. The van der Waals surface area contributed by atoms with Gasteiger partial charge in [-0.05, 0) is 37.3 Å². The van der Waals surface area contributed by atoms with E-state index in [1.165, 1.54) is 0 Å². The highest BCUT2D eigenvalue weighted by Crippen LogP contribution is 2.38. The van der Waals surface area contributed by atoms with Crippen molar-refractivity contribution in [3.63, 3.8) is 0 Å². The van der Waals surface area contributed by atoms with Crippen LogP contribution in [0.2, 0.25) is 0 Å². The molecule has 4 aromatic heterocycles. The van der Waals surface area contributed by atoms with Crippen molar-refractivity contribution in [3.05, 3.63) is 48.9 Å². The van der Waals surface area contributed by atoms with Gasteiger partial charge in [0.15, 0.2) is 0 Å². The molecule has 1 saturated heterocycles. The number of aromatic amines is 1. The first-order chi connectivity index (χ1) is 15.2. The van der Waals surface area contributed by atoms with Crippen molar-refractivity contribution in [1.82, 2.24) is 25.1 Å². The van der Waals surface area contributed by atoms with Crippen LogP contribution in [-0.2, 0) is 4.74 Å². The normalized spacial score (nSPS) is 15.2. The first kappa shape index (κ1) is 19.4. The lowest BCUT2D eigenvalue weighted by Crippen LogP contribution is -2.36. The topological polar surface area (TPSA) is 115 Å². The number of hydrogen-bond acceptors (Lipinski definition) is 8. The number of rotatable bonds is 5. The molecule has 1 unspecified atom stereocenters. The zero-order valence-corrected chi connectivity index (χ0v) is 17.2. The van der Waals surface area contributed by atoms with Gasteiger partial charge in [-0.2, -0.15) is 5.10 Å². The predicted octanol–water partition coefficient (Wildman–Crippen LogP) is 2.60. The second-order valence-corrected chi connectivity index (χ2v) is 7.33. The molecule has 0 amide bonds. The van der Waals surface area contributed by atoms with Crippen LogP contribution in [0.1, 0.15) is 6.92 Å². The lowest BCUT2D eigenvalue weighted by Gasteiger charge is -2.28. The molecule has 1 fully saturated rings. The molecule has 3 N–H and O–H groups in total. The van der Waals surface area contributed by atoms with Gasteiger partial charge in [0.1, 0.15) is 23.3 Å². The predicted molar refractivity (Wildman–Crippen MR) is 118 cm³/mol. The maximum Gasteiger partial charge on any atom is 0.222 e. The zero-order valence-electron chi connectivity index (χ0n) is 17.2. The lowest BCUT2D eigenvalue weighted by molar-refractivity contribution is 0.122. The van der Waals surface area contributed by atoms with Gasteiger partial charge in [0.2, 0.25) is 5.88 Å². The van der Waals surface area contributed by atoms with E-state index in [4.69, 9.17) is 20.2 Å². The summed E-state index contributed by atoms with van der Waals surface area (Å²) >= 11 is 0. The zero-order chi connectivity index (χ0) is 21.2. The van der Waals surface area contributed by atoms with Gasteiger partial charge in [-0.15, -0.1) is 0 Å². The van der Waals surface area contributed by atoms with Gasteiger partial charge in [0.25, 0.3) is 0 Å². The summed E-state index contributed by atoms with van der Waals surface area (Å²) in [6.45, 7) is 4.66. The Labute approximate surface area is 179 Å². The highest BCUT2D eigenvalue weighted by molar-refractivity contribution is 6.02. The molecule has 0 aliphatic carbocycles. The van der Waals surface area contributed by atoms with Gasteiger partial charge in [-0.25, -0.2) is 9.97 Å². The van der Waals surface area contributed by atoms with Crippen molar-refractivity contribution < 1.29 is 9.47 Å². The largest absolute Gasteiger partial charge is 0.459 e. The van der Waals surface area contributed by atoms with Crippen LogP contribution >= 0.6 is 0 Å². The molecule has 9 heteroatoms. The van der Waals surface area contributed by atoms with Crippen molar-refractivity contribution in [1.29, 1.82) is 0 Å². The van der Waals surface area contributed by atoms with Crippen LogP contribution in [0.5, 0.6) is 5.88 Å². The minimum Gasteiger partial charge on any atom is -0.459 e. The fourth-order valence-corrected chi connectivity index (χ4v) is 3.77. The fourth-order valence-electron chi connectivity index (χ4n) is 3.77. The molecular weight excluding hydrogens is 394 g/mol. The molecule has 31 heavy (non-hydrogen) atoms. The van der Waals surface area contributed by atoms with Crippen LogP contribution in [0.3, 0.4) is 0 Å². The molecule has 5 rings (SSSR count). The highest BCUT2D eigenvalue weighted by atomic mass is 16.5. The Bertz CT molecular complexity index is 1190. The fraction of sp³-hybridized carbons (Fsp3) is 0.273. The molecule has 1 aliphatic rings. The van der Waals surface area contributed by atoms with Gasteiger partial charge in [-0.1, -0.05) is 0 Å². The molecule has 0 bridgehead atoms. The summed E-state index contributed by atoms with van der Waals surface area (Å²) in [4.78, 5) is 16.3. The number of H-pyrrole nitrogens is 1. The highest BCUT2D eigenvalue weighted by Gasteiger charge is 2.20. The summed E-state index contributed by atoms with van der Waals surface area (Å²) in [6, 6.07) is 9.80. The van der Waals surface area contributed by atoms with Gasteiger partial charge < -0.3 is 14.4 Å². The Balaban J connectivity index is 1.77. The average Bonchev–Trinajstić information content (AvgIpc) is 3.33. The van der Waals surface area contributed by atoms with Crippen LogP contribution in [0.4, 0.5) is 5.82 Å². The summed E-state index contributed by atoms with van der Waals surface area (Å²) in [5.74, 6) is 1.34. The van der Waals surface area contributed by atoms with Crippen LogP contribution in [-0.4, -0.2) is 57.7 Å². The number of ether oxygens (including phenoxy) is 2.